The Bertz CT molecular complexity index is 434. The summed E-state index contributed by atoms with van der Waals surface area (Å²) in [5.74, 6) is -0.255. The van der Waals surface area contributed by atoms with Gasteiger partial charge in [-0.2, -0.15) is 13.2 Å². The number of pyridine rings is 1. The molecule has 1 N–H and O–H groups in total. The van der Waals surface area contributed by atoms with Crippen LogP contribution in [0.4, 0.5) is 19.0 Å². The molecule has 0 saturated carbocycles. The van der Waals surface area contributed by atoms with Crippen LogP contribution in [0.5, 0.6) is 0 Å². The van der Waals surface area contributed by atoms with Gasteiger partial charge in [-0.25, -0.2) is 4.98 Å². The van der Waals surface area contributed by atoms with Crippen molar-refractivity contribution in [2.45, 2.75) is 19.5 Å². The van der Waals surface area contributed by atoms with Crippen LogP contribution < -0.4 is 10.2 Å². The van der Waals surface area contributed by atoms with Gasteiger partial charge in [-0.3, -0.25) is 4.79 Å². The van der Waals surface area contributed by atoms with Gasteiger partial charge in [-0.05, 0) is 18.6 Å². The topological polar surface area (TPSA) is 45.2 Å². The molecule has 1 amide bonds. The molecule has 0 fully saturated rings. The van der Waals surface area contributed by atoms with Gasteiger partial charge in [0, 0.05) is 33.3 Å². The van der Waals surface area contributed by atoms with Crippen LogP contribution in [-0.2, 0) is 11.0 Å². The van der Waals surface area contributed by atoms with E-state index in [0.717, 1.165) is 6.07 Å². The van der Waals surface area contributed by atoms with E-state index < -0.39 is 11.7 Å². The van der Waals surface area contributed by atoms with Gasteiger partial charge >= 0.3 is 6.18 Å². The quantitative estimate of drug-likeness (QED) is 0.837. The molecular weight excluding hydrogens is 259 g/mol. The van der Waals surface area contributed by atoms with Crippen molar-refractivity contribution in [2.75, 3.05) is 25.0 Å². The molecule has 0 atom stereocenters. The van der Waals surface area contributed by atoms with Gasteiger partial charge in [0.1, 0.15) is 5.82 Å². The SMILES string of the molecule is CC(=O)NCCCN(C)c1ncccc1C(F)(F)F. The largest absolute Gasteiger partial charge is 0.419 e. The highest BCUT2D eigenvalue weighted by molar-refractivity contribution is 5.72. The van der Waals surface area contributed by atoms with Crippen molar-refractivity contribution in [1.82, 2.24) is 10.3 Å². The molecule has 0 radical (unpaired) electrons. The maximum absolute atomic E-state index is 12.8. The molecule has 0 spiro atoms. The summed E-state index contributed by atoms with van der Waals surface area (Å²) in [7, 11) is 1.55. The summed E-state index contributed by atoms with van der Waals surface area (Å²) < 4.78 is 38.3. The van der Waals surface area contributed by atoms with Crippen molar-refractivity contribution in [3.63, 3.8) is 0 Å². The van der Waals surface area contributed by atoms with Gasteiger partial charge in [0.05, 0.1) is 5.56 Å². The number of carbonyl (C=O) groups is 1. The summed E-state index contributed by atoms with van der Waals surface area (Å²) in [4.78, 5) is 15.9. The highest BCUT2D eigenvalue weighted by Gasteiger charge is 2.34. The zero-order valence-corrected chi connectivity index (χ0v) is 10.8. The highest BCUT2D eigenvalue weighted by atomic mass is 19.4. The van der Waals surface area contributed by atoms with Crippen LogP contribution in [0.3, 0.4) is 0 Å². The van der Waals surface area contributed by atoms with Crippen molar-refractivity contribution < 1.29 is 18.0 Å². The summed E-state index contributed by atoms with van der Waals surface area (Å²) in [6.45, 7) is 2.19. The molecule has 1 heterocycles. The van der Waals surface area contributed by atoms with Crippen molar-refractivity contribution >= 4 is 11.7 Å². The maximum Gasteiger partial charge on any atom is 0.419 e. The Morgan fingerprint density at radius 2 is 2.16 bits per heavy atom. The number of halogens is 3. The number of aromatic nitrogens is 1. The minimum Gasteiger partial charge on any atom is -0.359 e. The lowest BCUT2D eigenvalue weighted by Gasteiger charge is -2.22. The zero-order chi connectivity index (χ0) is 14.5. The van der Waals surface area contributed by atoms with E-state index in [2.05, 4.69) is 10.3 Å². The van der Waals surface area contributed by atoms with Crippen molar-refractivity contribution in [3.8, 4) is 0 Å². The molecular formula is C12H16F3N3O. The van der Waals surface area contributed by atoms with Gasteiger partial charge in [0.15, 0.2) is 0 Å². The number of alkyl halides is 3. The molecule has 1 aromatic heterocycles. The predicted molar refractivity (Wildman–Crippen MR) is 65.8 cm³/mol. The average molecular weight is 275 g/mol. The third-order valence-corrected chi connectivity index (χ3v) is 2.50. The summed E-state index contributed by atoms with van der Waals surface area (Å²) in [5.41, 5.74) is -0.753. The molecule has 19 heavy (non-hydrogen) atoms. The van der Waals surface area contributed by atoms with Crippen LogP contribution >= 0.6 is 0 Å². The van der Waals surface area contributed by atoms with E-state index in [0.29, 0.717) is 19.5 Å². The number of hydrogen-bond acceptors (Lipinski definition) is 3. The summed E-state index contributed by atoms with van der Waals surface area (Å²) in [6.07, 6.45) is -2.55. The molecule has 1 aromatic rings. The average Bonchev–Trinajstić information content (AvgIpc) is 2.33. The van der Waals surface area contributed by atoms with Crippen LogP contribution in [0.1, 0.15) is 18.9 Å². The van der Waals surface area contributed by atoms with E-state index in [9.17, 15) is 18.0 Å². The lowest BCUT2D eigenvalue weighted by Crippen LogP contribution is -2.28. The molecule has 0 unspecified atom stereocenters. The number of amides is 1. The Kier molecular flexibility index (Phi) is 5.14. The number of nitrogens with one attached hydrogen (secondary N) is 1. The summed E-state index contributed by atoms with van der Waals surface area (Å²) in [6, 6.07) is 2.27. The molecule has 1 rings (SSSR count). The fraction of sp³-hybridized carbons (Fsp3) is 0.500. The minimum absolute atomic E-state index is 0.0992. The molecule has 0 aliphatic carbocycles. The van der Waals surface area contributed by atoms with Gasteiger partial charge in [-0.15, -0.1) is 0 Å². The zero-order valence-electron chi connectivity index (χ0n) is 10.8. The van der Waals surface area contributed by atoms with Gasteiger partial charge in [-0.1, -0.05) is 0 Å². The maximum atomic E-state index is 12.8. The third-order valence-electron chi connectivity index (χ3n) is 2.50. The smallest absolute Gasteiger partial charge is 0.359 e. The van der Waals surface area contributed by atoms with Crippen LogP contribution in [0, 0.1) is 0 Å². The van der Waals surface area contributed by atoms with Gasteiger partial charge in [0.2, 0.25) is 5.91 Å². The fourth-order valence-electron chi connectivity index (χ4n) is 1.61. The molecule has 0 saturated heterocycles. The first-order valence-electron chi connectivity index (χ1n) is 5.80. The second-order valence-electron chi connectivity index (χ2n) is 4.13. The molecule has 106 valence electrons. The van der Waals surface area contributed by atoms with E-state index in [1.54, 1.807) is 7.05 Å². The first kappa shape index (κ1) is 15.3. The Hall–Kier alpha value is -1.79. The molecule has 7 heteroatoms. The Morgan fingerprint density at radius 3 is 2.74 bits per heavy atom. The lowest BCUT2D eigenvalue weighted by atomic mass is 10.2. The molecule has 0 aliphatic heterocycles. The predicted octanol–water partition coefficient (Wildman–Crippen LogP) is 2.06. The fourth-order valence-corrected chi connectivity index (χ4v) is 1.61. The van der Waals surface area contributed by atoms with Crippen LogP contribution in [0.2, 0.25) is 0 Å². The normalized spacial score (nSPS) is 11.2. The number of carbonyl (C=O) groups excluding carboxylic acids is 1. The van der Waals surface area contributed by atoms with Crippen molar-refractivity contribution in [1.29, 1.82) is 0 Å². The van der Waals surface area contributed by atoms with E-state index >= 15 is 0 Å². The van der Waals surface area contributed by atoms with Crippen LogP contribution in [-0.4, -0.2) is 31.0 Å². The summed E-state index contributed by atoms with van der Waals surface area (Å²) in [5, 5.41) is 2.59. The Labute approximate surface area is 109 Å². The van der Waals surface area contributed by atoms with Crippen molar-refractivity contribution in [3.05, 3.63) is 23.9 Å². The number of rotatable bonds is 5. The standard InChI is InChI=1S/C12H16F3N3O/c1-9(19)16-7-4-8-18(2)11-10(12(13,14)15)5-3-6-17-11/h3,5-6H,4,7-8H2,1-2H3,(H,16,19). The second-order valence-corrected chi connectivity index (χ2v) is 4.13. The molecule has 0 aromatic carbocycles. The first-order valence-corrected chi connectivity index (χ1v) is 5.80. The van der Waals surface area contributed by atoms with E-state index in [4.69, 9.17) is 0 Å². The monoisotopic (exact) mass is 275 g/mol. The van der Waals surface area contributed by atoms with Crippen LogP contribution in [0.15, 0.2) is 18.3 Å². The third kappa shape index (κ3) is 4.76. The van der Waals surface area contributed by atoms with Crippen molar-refractivity contribution in [2.24, 2.45) is 0 Å². The van der Waals surface area contributed by atoms with Gasteiger partial charge in [0.25, 0.3) is 0 Å². The molecule has 0 bridgehead atoms. The highest BCUT2D eigenvalue weighted by Crippen LogP contribution is 2.34. The second kappa shape index (κ2) is 6.40. The van der Waals surface area contributed by atoms with Gasteiger partial charge < -0.3 is 10.2 Å². The number of hydrogen-bond donors (Lipinski definition) is 1. The van der Waals surface area contributed by atoms with E-state index in [-0.39, 0.29) is 11.7 Å². The first-order chi connectivity index (χ1) is 8.82. The summed E-state index contributed by atoms with van der Waals surface area (Å²) >= 11 is 0. The minimum atomic E-state index is -4.42. The Morgan fingerprint density at radius 1 is 1.47 bits per heavy atom. The van der Waals surface area contributed by atoms with Crippen LogP contribution in [0.25, 0.3) is 0 Å². The number of nitrogens with zero attached hydrogens (tertiary/aromatic N) is 2. The number of anilines is 1. The molecule has 0 aliphatic rings. The van der Waals surface area contributed by atoms with E-state index in [1.807, 2.05) is 0 Å². The lowest BCUT2D eigenvalue weighted by molar-refractivity contribution is -0.137. The Balaban J connectivity index is 2.67. The van der Waals surface area contributed by atoms with E-state index in [1.165, 1.54) is 24.1 Å². The molecule has 4 nitrogen and oxygen atoms in total.